The van der Waals surface area contributed by atoms with Crippen LogP contribution in [0.4, 0.5) is 4.79 Å². The Hall–Kier alpha value is -2.26. The third-order valence-corrected chi connectivity index (χ3v) is 5.20. The first-order valence-electron chi connectivity index (χ1n) is 8.99. The predicted molar refractivity (Wildman–Crippen MR) is 95.7 cm³/mol. The molecule has 1 aromatic carbocycles. The van der Waals surface area contributed by atoms with E-state index in [-0.39, 0.29) is 18.2 Å². The number of rotatable bonds is 2. The second-order valence-corrected chi connectivity index (χ2v) is 8.24. The Kier molecular flexibility index (Phi) is 4.61. The monoisotopic (exact) mass is 358 g/mol. The fourth-order valence-corrected chi connectivity index (χ4v) is 4.20. The van der Waals surface area contributed by atoms with Crippen molar-refractivity contribution in [3.8, 4) is 11.8 Å². The molecule has 0 spiro atoms. The van der Waals surface area contributed by atoms with Crippen molar-refractivity contribution in [3.05, 3.63) is 29.3 Å². The molecule has 1 N–H and O–H groups in total. The van der Waals surface area contributed by atoms with Crippen molar-refractivity contribution >= 4 is 6.09 Å². The molecule has 2 heterocycles. The van der Waals surface area contributed by atoms with Crippen LogP contribution in [-0.2, 0) is 10.3 Å². The maximum absolute atomic E-state index is 12.6. The highest BCUT2D eigenvalue weighted by atomic mass is 16.6. The van der Waals surface area contributed by atoms with Gasteiger partial charge in [0.2, 0.25) is 0 Å². The molecule has 1 amide bonds. The number of amides is 1. The van der Waals surface area contributed by atoms with Gasteiger partial charge in [0, 0.05) is 30.5 Å². The fraction of sp³-hybridized carbons (Fsp3) is 0.600. The van der Waals surface area contributed by atoms with E-state index in [4.69, 9.17) is 9.47 Å². The summed E-state index contributed by atoms with van der Waals surface area (Å²) in [6.07, 6.45) is 2.19. The molecule has 6 nitrogen and oxygen atoms in total. The van der Waals surface area contributed by atoms with Crippen LogP contribution in [0.25, 0.3) is 0 Å². The van der Waals surface area contributed by atoms with Gasteiger partial charge in [-0.25, -0.2) is 4.79 Å². The third-order valence-electron chi connectivity index (χ3n) is 5.20. The number of piperidine rings is 1. The summed E-state index contributed by atoms with van der Waals surface area (Å²) in [5.74, 6) is 0.566. The van der Waals surface area contributed by atoms with E-state index in [1.54, 1.807) is 30.2 Å². The average Bonchev–Trinajstić information content (AvgIpc) is 2.85. The van der Waals surface area contributed by atoms with Gasteiger partial charge in [0.05, 0.1) is 24.3 Å². The van der Waals surface area contributed by atoms with Crippen LogP contribution < -0.4 is 4.74 Å². The van der Waals surface area contributed by atoms with Gasteiger partial charge in [0.25, 0.3) is 0 Å². The van der Waals surface area contributed by atoms with Gasteiger partial charge < -0.3 is 19.5 Å². The second kappa shape index (κ2) is 6.48. The molecule has 0 aliphatic carbocycles. The van der Waals surface area contributed by atoms with E-state index in [2.05, 4.69) is 6.07 Å². The smallest absolute Gasteiger partial charge is 0.410 e. The Balaban J connectivity index is 1.89. The SMILES string of the molecule is COc1ccc(C#N)cc1C1(O)CC2CCC(C1)N2C(=O)OC(C)(C)C. The van der Waals surface area contributed by atoms with Gasteiger partial charge in [-0.15, -0.1) is 0 Å². The number of hydrogen-bond donors (Lipinski definition) is 1. The van der Waals surface area contributed by atoms with Gasteiger partial charge in [-0.3, -0.25) is 0 Å². The van der Waals surface area contributed by atoms with Gasteiger partial charge in [0.1, 0.15) is 11.4 Å². The number of carbonyl (C=O) groups excluding carboxylic acids is 1. The largest absolute Gasteiger partial charge is 0.496 e. The minimum atomic E-state index is -1.12. The summed E-state index contributed by atoms with van der Waals surface area (Å²) in [6.45, 7) is 5.56. The quantitative estimate of drug-likeness (QED) is 0.877. The van der Waals surface area contributed by atoms with Gasteiger partial charge in [-0.2, -0.15) is 5.26 Å². The first-order valence-corrected chi connectivity index (χ1v) is 8.99. The van der Waals surface area contributed by atoms with Crippen LogP contribution in [0.5, 0.6) is 5.75 Å². The van der Waals surface area contributed by atoms with E-state index in [0.717, 1.165) is 12.8 Å². The number of nitriles is 1. The number of hydrogen-bond acceptors (Lipinski definition) is 5. The summed E-state index contributed by atoms with van der Waals surface area (Å²) in [6, 6.07) is 7.04. The molecular weight excluding hydrogens is 332 g/mol. The van der Waals surface area contributed by atoms with Gasteiger partial charge >= 0.3 is 6.09 Å². The first-order chi connectivity index (χ1) is 12.2. The highest BCUT2D eigenvalue weighted by Gasteiger charge is 2.51. The van der Waals surface area contributed by atoms with Crippen LogP contribution in [0.2, 0.25) is 0 Å². The molecule has 6 heteroatoms. The normalized spacial score (nSPS) is 27.8. The maximum Gasteiger partial charge on any atom is 0.410 e. The van der Waals surface area contributed by atoms with Crippen molar-refractivity contribution in [1.29, 1.82) is 5.26 Å². The molecule has 2 fully saturated rings. The molecule has 26 heavy (non-hydrogen) atoms. The fourth-order valence-electron chi connectivity index (χ4n) is 4.20. The molecule has 3 rings (SSSR count). The van der Waals surface area contributed by atoms with Crippen molar-refractivity contribution in [1.82, 2.24) is 4.90 Å². The lowest BCUT2D eigenvalue weighted by Gasteiger charge is -2.44. The minimum Gasteiger partial charge on any atom is -0.496 e. The van der Waals surface area contributed by atoms with Crippen LogP contribution in [-0.4, -0.2) is 40.9 Å². The highest BCUT2D eigenvalue weighted by Crippen LogP contribution is 2.48. The number of carbonyl (C=O) groups is 1. The molecule has 2 saturated heterocycles. The van der Waals surface area contributed by atoms with Crippen molar-refractivity contribution < 1.29 is 19.4 Å². The molecule has 2 aliphatic heterocycles. The summed E-state index contributed by atoms with van der Waals surface area (Å²) in [4.78, 5) is 14.4. The van der Waals surface area contributed by atoms with Crippen LogP contribution in [0, 0.1) is 11.3 Å². The number of methoxy groups -OCH3 is 1. The highest BCUT2D eigenvalue weighted by molar-refractivity contribution is 5.70. The molecule has 2 unspecified atom stereocenters. The first kappa shape index (κ1) is 18.5. The number of benzene rings is 1. The zero-order valence-electron chi connectivity index (χ0n) is 15.8. The Morgan fingerprint density at radius 3 is 2.42 bits per heavy atom. The Labute approximate surface area is 154 Å². The number of nitrogens with zero attached hydrogens (tertiary/aromatic N) is 2. The second-order valence-electron chi connectivity index (χ2n) is 8.24. The minimum absolute atomic E-state index is 0.0796. The van der Waals surface area contributed by atoms with Gasteiger partial charge in [0.15, 0.2) is 0 Å². The molecule has 140 valence electrons. The Bertz CT molecular complexity index is 733. The van der Waals surface area contributed by atoms with Crippen LogP contribution in [0.3, 0.4) is 0 Å². The Morgan fingerprint density at radius 2 is 1.92 bits per heavy atom. The van der Waals surface area contributed by atoms with E-state index >= 15 is 0 Å². The number of ether oxygens (including phenoxy) is 2. The average molecular weight is 358 g/mol. The molecule has 2 bridgehead atoms. The van der Waals surface area contributed by atoms with E-state index in [1.807, 2.05) is 20.8 Å². The van der Waals surface area contributed by atoms with Crippen molar-refractivity contribution in [2.75, 3.05) is 7.11 Å². The van der Waals surface area contributed by atoms with Crippen LogP contribution in [0.1, 0.15) is 57.6 Å². The van der Waals surface area contributed by atoms with E-state index in [1.165, 1.54) is 0 Å². The molecule has 0 saturated carbocycles. The lowest BCUT2D eigenvalue weighted by Crippen LogP contribution is -2.53. The van der Waals surface area contributed by atoms with Gasteiger partial charge in [-0.05, 0) is 51.8 Å². The lowest BCUT2D eigenvalue weighted by atomic mass is 9.79. The van der Waals surface area contributed by atoms with E-state index in [0.29, 0.717) is 29.7 Å². The van der Waals surface area contributed by atoms with Crippen LogP contribution >= 0.6 is 0 Å². The summed E-state index contributed by atoms with van der Waals surface area (Å²) in [5, 5.41) is 20.6. The molecular formula is C20H26N2O4. The summed E-state index contributed by atoms with van der Waals surface area (Å²) in [7, 11) is 1.55. The van der Waals surface area contributed by atoms with Crippen molar-refractivity contribution in [2.24, 2.45) is 0 Å². The number of fused-ring (bicyclic) bond motifs is 2. The standard InChI is InChI=1S/C20H26N2O4/c1-19(2,3)26-18(23)22-14-6-7-15(22)11-20(24,10-14)16-9-13(12-21)5-8-17(16)25-4/h5,8-9,14-15,24H,6-7,10-11H2,1-4H3. The summed E-state index contributed by atoms with van der Waals surface area (Å²) < 4.78 is 11.0. The molecule has 1 aromatic rings. The van der Waals surface area contributed by atoms with Crippen molar-refractivity contribution in [3.63, 3.8) is 0 Å². The van der Waals surface area contributed by atoms with Gasteiger partial charge in [-0.1, -0.05) is 0 Å². The summed E-state index contributed by atoms with van der Waals surface area (Å²) >= 11 is 0. The molecule has 0 radical (unpaired) electrons. The van der Waals surface area contributed by atoms with E-state index in [9.17, 15) is 15.2 Å². The zero-order valence-corrected chi connectivity index (χ0v) is 15.8. The maximum atomic E-state index is 12.6. The zero-order chi connectivity index (χ0) is 19.1. The molecule has 2 aliphatic rings. The van der Waals surface area contributed by atoms with Crippen molar-refractivity contribution in [2.45, 2.75) is 69.7 Å². The molecule has 2 atom stereocenters. The third kappa shape index (κ3) is 3.36. The topological polar surface area (TPSA) is 82.8 Å². The number of aliphatic hydroxyl groups is 1. The predicted octanol–water partition coefficient (Wildman–Crippen LogP) is 3.32. The van der Waals surface area contributed by atoms with E-state index < -0.39 is 11.2 Å². The Morgan fingerprint density at radius 1 is 1.31 bits per heavy atom. The molecule has 0 aromatic heterocycles. The van der Waals surface area contributed by atoms with Crippen LogP contribution in [0.15, 0.2) is 18.2 Å². The lowest BCUT2D eigenvalue weighted by molar-refractivity contribution is -0.0633. The summed E-state index contributed by atoms with van der Waals surface area (Å²) in [5.41, 5.74) is -0.562.